The quantitative estimate of drug-likeness (QED) is 0.149. The number of carbonyl (C=O) groups excluding carboxylic acids is 4. The highest BCUT2D eigenvalue weighted by molar-refractivity contribution is 6.31. The molecule has 0 spiro atoms. The molecular formula is C38H42ClN9O5. The maximum absolute atomic E-state index is 13.6. The molecule has 2 saturated heterocycles. The molecule has 5 amide bonds. The first-order valence-electron chi connectivity index (χ1n) is 18.1. The van der Waals surface area contributed by atoms with Crippen molar-refractivity contribution >= 4 is 35.5 Å². The summed E-state index contributed by atoms with van der Waals surface area (Å²) in [6, 6.07) is 15.3. The number of nitrogens with zero attached hydrogens (tertiary/aromatic N) is 4. The number of fused-ring (bicyclic) bond motifs is 2. The lowest BCUT2D eigenvalue weighted by molar-refractivity contribution is -0.135. The van der Waals surface area contributed by atoms with E-state index in [2.05, 4.69) is 42.8 Å². The van der Waals surface area contributed by atoms with Crippen LogP contribution in [0.1, 0.15) is 62.8 Å². The van der Waals surface area contributed by atoms with Gasteiger partial charge in [0.1, 0.15) is 35.1 Å². The molecule has 2 aliphatic carbocycles. The number of ether oxygens (including phenoxy) is 1. The molecule has 0 radical (unpaired) electrons. The van der Waals surface area contributed by atoms with E-state index in [9.17, 15) is 19.2 Å². The Morgan fingerprint density at radius 1 is 0.868 bits per heavy atom. The summed E-state index contributed by atoms with van der Waals surface area (Å²) >= 11 is 6.67. The molecule has 2 aliphatic heterocycles. The van der Waals surface area contributed by atoms with Crippen molar-refractivity contribution in [2.24, 2.45) is 11.8 Å². The molecule has 2 aromatic carbocycles. The summed E-state index contributed by atoms with van der Waals surface area (Å²) in [6.45, 7) is 1.76. The third-order valence-corrected chi connectivity index (χ3v) is 11.4. The Kier molecular flexibility index (Phi) is 9.09. The average molecular weight is 740 g/mol. The second-order valence-corrected chi connectivity index (χ2v) is 14.7. The fourth-order valence-electron chi connectivity index (χ4n) is 8.17. The highest BCUT2D eigenvalue weighted by Gasteiger charge is 2.56. The first kappa shape index (κ1) is 34.7. The van der Waals surface area contributed by atoms with Crippen LogP contribution in [-0.4, -0.2) is 92.5 Å². The van der Waals surface area contributed by atoms with Crippen LogP contribution in [0, 0.1) is 11.8 Å². The SMILES string of the molecule is CCC(NC(=O)NC)C(=O)N1C(c2ncc(-c3ccc(-c4ccc(-c5nc(C6CC7CC7N6C(=O)CNC(=O)OC)[nH]c5Cl)cc4)cc3)[nH]2)CC2CC21. The third kappa shape index (κ3) is 6.60. The highest BCUT2D eigenvalue weighted by atomic mass is 35.5. The minimum Gasteiger partial charge on any atom is -0.453 e. The number of rotatable bonds is 10. The Bertz CT molecular complexity index is 2050. The zero-order valence-electron chi connectivity index (χ0n) is 29.7. The lowest BCUT2D eigenvalue weighted by atomic mass is 10.0. The second kappa shape index (κ2) is 13.9. The number of nitrogens with one attached hydrogen (secondary N) is 5. The van der Waals surface area contributed by atoms with Crippen LogP contribution in [0.3, 0.4) is 0 Å². The fourth-order valence-corrected chi connectivity index (χ4v) is 8.42. The van der Waals surface area contributed by atoms with Crippen molar-refractivity contribution in [1.29, 1.82) is 0 Å². The molecular weight excluding hydrogens is 698 g/mol. The van der Waals surface area contributed by atoms with E-state index in [-0.39, 0.29) is 48.6 Å². The van der Waals surface area contributed by atoms with E-state index in [1.807, 2.05) is 59.3 Å². The Labute approximate surface area is 311 Å². The lowest BCUT2D eigenvalue weighted by Gasteiger charge is -2.30. The van der Waals surface area contributed by atoms with Crippen LogP contribution < -0.4 is 16.0 Å². The Balaban J connectivity index is 0.934. The van der Waals surface area contributed by atoms with Crippen molar-refractivity contribution in [2.45, 2.75) is 69.2 Å². The number of urea groups is 1. The summed E-state index contributed by atoms with van der Waals surface area (Å²) in [4.78, 5) is 70.1. The summed E-state index contributed by atoms with van der Waals surface area (Å²) < 4.78 is 4.61. The first-order valence-corrected chi connectivity index (χ1v) is 18.5. The number of halogens is 1. The molecule has 4 fully saturated rings. The van der Waals surface area contributed by atoms with Crippen LogP contribution in [0.5, 0.6) is 0 Å². The molecule has 8 rings (SSSR count). The van der Waals surface area contributed by atoms with Gasteiger partial charge in [0.25, 0.3) is 0 Å². The summed E-state index contributed by atoms with van der Waals surface area (Å²) in [5, 5.41) is 8.22. The highest BCUT2D eigenvalue weighted by Crippen LogP contribution is 2.54. The first-order chi connectivity index (χ1) is 25.7. The summed E-state index contributed by atoms with van der Waals surface area (Å²) in [7, 11) is 2.81. The predicted molar refractivity (Wildman–Crippen MR) is 196 cm³/mol. The number of imidazole rings is 2. The number of hydrogen-bond acceptors (Lipinski definition) is 7. The van der Waals surface area contributed by atoms with E-state index in [1.165, 1.54) is 7.11 Å². The van der Waals surface area contributed by atoms with Gasteiger partial charge in [-0.2, -0.15) is 0 Å². The second-order valence-electron chi connectivity index (χ2n) is 14.3. The molecule has 14 nitrogen and oxygen atoms in total. The van der Waals surface area contributed by atoms with Crippen molar-refractivity contribution in [3.8, 4) is 33.6 Å². The zero-order chi connectivity index (χ0) is 37.0. The fraction of sp³-hybridized carbons (Fsp3) is 0.421. The Morgan fingerprint density at radius 3 is 2.09 bits per heavy atom. The van der Waals surface area contributed by atoms with Gasteiger partial charge in [-0.3, -0.25) is 9.59 Å². The number of piperidine rings is 2. The molecule has 5 N–H and O–H groups in total. The van der Waals surface area contributed by atoms with Crippen LogP contribution in [0.4, 0.5) is 9.59 Å². The van der Waals surface area contributed by atoms with Crippen LogP contribution in [0.25, 0.3) is 33.6 Å². The topological polar surface area (TPSA) is 177 Å². The van der Waals surface area contributed by atoms with Crippen molar-refractivity contribution in [3.05, 3.63) is 71.5 Å². The van der Waals surface area contributed by atoms with Crippen molar-refractivity contribution in [3.63, 3.8) is 0 Å². The molecule has 0 bridgehead atoms. The molecule has 2 saturated carbocycles. The number of aromatic amines is 2. The number of likely N-dealkylation sites (tertiary alicyclic amines) is 2. The van der Waals surface area contributed by atoms with E-state index in [0.717, 1.165) is 59.5 Å². The van der Waals surface area contributed by atoms with Crippen LogP contribution >= 0.6 is 11.6 Å². The monoisotopic (exact) mass is 739 g/mol. The van der Waals surface area contributed by atoms with Crippen molar-refractivity contribution in [2.75, 3.05) is 20.7 Å². The molecule has 7 unspecified atom stereocenters. The summed E-state index contributed by atoms with van der Waals surface area (Å²) in [5.41, 5.74) is 5.38. The number of aromatic nitrogens is 4. The molecule has 4 aromatic rings. The van der Waals surface area contributed by atoms with Gasteiger partial charge in [0.15, 0.2) is 0 Å². The van der Waals surface area contributed by atoms with Gasteiger partial charge in [-0.15, -0.1) is 0 Å². The third-order valence-electron chi connectivity index (χ3n) is 11.2. The van der Waals surface area contributed by atoms with Crippen molar-refractivity contribution < 1.29 is 23.9 Å². The summed E-state index contributed by atoms with van der Waals surface area (Å²) in [6.07, 6.45) is 5.28. The number of carbonyl (C=O) groups is 4. The molecule has 15 heteroatoms. The van der Waals surface area contributed by atoms with E-state index in [1.54, 1.807) is 7.05 Å². The van der Waals surface area contributed by atoms with Gasteiger partial charge < -0.3 is 40.5 Å². The number of methoxy groups -OCH3 is 1. The maximum Gasteiger partial charge on any atom is 0.407 e. The van der Waals surface area contributed by atoms with Crippen LogP contribution in [0.2, 0.25) is 5.15 Å². The van der Waals surface area contributed by atoms with Gasteiger partial charge in [0.05, 0.1) is 31.1 Å². The predicted octanol–water partition coefficient (Wildman–Crippen LogP) is 5.17. The van der Waals surface area contributed by atoms with Gasteiger partial charge in [-0.25, -0.2) is 19.6 Å². The number of hydrogen-bond donors (Lipinski definition) is 5. The summed E-state index contributed by atoms with van der Waals surface area (Å²) in [5.74, 6) is 2.04. The van der Waals surface area contributed by atoms with E-state index in [0.29, 0.717) is 34.9 Å². The van der Waals surface area contributed by atoms with Gasteiger partial charge in [0.2, 0.25) is 11.8 Å². The molecule has 7 atom stereocenters. The lowest BCUT2D eigenvalue weighted by Crippen LogP contribution is -2.51. The van der Waals surface area contributed by atoms with Gasteiger partial charge in [0, 0.05) is 24.7 Å². The molecule has 4 heterocycles. The number of benzene rings is 2. The zero-order valence-corrected chi connectivity index (χ0v) is 30.4. The van der Waals surface area contributed by atoms with Gasteiger partial charge in [-0.1, -0.05) is 67.1 Å². The minimum atomic E-state index is -0.644. The smallest absolute Gasteiger partial charge is 0.407 e. The van der Waals surface area contributed by atoms with Crippen LogP contribution in [-0.2, 0) is 14.3 Å². The molecule has 53 heavy (non-hydrogen) atoms. The number of H-pyrrole nitrogens is 2. The van der Waals surface area contributed by atoms with E-state index >= 15 is 0 Å². The van der Waals surface area contributed by atoms with Gasteiger partial charge >= 0.3 is 12.1 Å². The molecule has 4 aliphatic rings. The maximum atomic E-state index is 13.6. The Morgan fingerprint density at radius 2 is 1.47 bits per heavy atom. The molecule has 2 aromatic heterocycles. The normalized spacial score (nSPS) is 24.2. The van der Waals surface area contributed by atoms with E-state index < -0.39 is 12.1 Å². The van der Waals surface area contributed by atoms with Crippen molar-refractivity contribution in [1.82, 2.24) is 45.7 Å². The number of alkyl carbamates (subject to hydrolysis) is 1. The largest absolute Gasteiger partial charge is 0.453 e. The van der Waals surface area contributed by atoms with Crippen LogP contribution in [0.15, 0.2) is 54.7 Å². The minimum absolute atomic E-state index is 0.0653. The standard InChI is InChI=1S/C38H42ClN9O5/c1-4-25(44-37(51)40-2)36(50)48-28-14-24(28)15-29(48)34-41-17-26(43-34)21-9-5-19(6-10-21)20-7-11-22(12-8-20)32-33(39)46-35(45-32)30-16-23-13-27(23)47(30)31(49)18-42-38(52)53-3/h5-12,17,23-25,27-30H,4,13-16,18H2,1-3H3,(H,41,43)(H,42,52)(H,45,46)(H2,40,44,51). The number of amides is 5. The van der Waals surface area contributed by atoms with Gasteiger partial charge in [-0.05, 0) is 60.6 Å². The molecule has 276 valence electrons. The van der Waals surface area contributed by atoms with E-state index in [4.69, 9.17) is 21.6 Å². The Hall–Kier alpha value is -5.37. The average Bonchev–Trinajstić information content (AvgIpc) is 3.82.